The van der Waals surface area contributed by atoms with Crippen LogP contribution in [0.15, 0.2) is 35.2 Å². The van der Waals surface area contributed by atoms with Crippen molar-refractivity contribution in [3.05, 3.63) is 58.4 Å². The molecule has 3 nitrogen and oxygen atoms in total. The van der Waals surface area contributed by atoms with Gasteiger partial charge in [0.1, 0.15) is 0 Å². The van der Waals surface area contributed by atoms with E-state index < -0.39 is 23.4 Å². The molecular formula is C18H15ClF3NO2S. The molecule has 3 rings (SSSR count). The van der Waals surface area contributed by atoms with Crippen LogP contribution < -0.4 is 5.32 Å². The molecule has 2 atom stereocenters. The fourth-order valence-corrected chi connectivity index (χ4v) is 4.33. The van der Waals surface area contributed by atoms with Crippen LogP contribution in [0.4, 0.5) is 18.9 Å². The van der Waals surface area contributed by atoms with Crippen molar-refractivity contribution < 1.29 is 23.1 Å². The standard InChI is InChI=1S/C18H15ClF3NO2S/c19-13-4-1-9(5-16(13)26-12-3-2-11(24)8-12)18(25)23-10-6-14(20)17(22)15(21)7-10/h1,4-7,11-12,24H,2-3,8H2,(H,23,25)/t11-,12?/m1/s1. The molecule has 0 aromatic heterocycles. The summed E-state index contributed by atoms with van der Waals surface area (Å²) in [5, 5.41) is 12.6. The molecule has 2 aromatic rings. The van der Waals surface area contributed by atoms with Gasteiger partial charge in [0.25, 0.3) is 5.91 Å². The van der Waals surface area contributed by atoms with Crippen molar-refractivity contribution in [2.24, 2.45) is 0 Å². The van der Waals surface area contributed by atoms with Crippen LogP contribution in [-0.4, -0.2) is 22.4 Å². The first-order chi connectivity index (χ1) is 12.3. The third-order valence-corrected chi connectivity index (χ3v) is 5.88. The molecule has 2 N–H and O–H groups in total. The number of rotatable bonds is 4. The second kappa shape index (κ2) is 7.90. The molecule has 1 unspecified atom stereocenters. The van der Waals surface area contributed by atoms with Crippen LogP contribution in [0.1, 0.15) is 29.6 Å². The van der Waals surface area contributed by atoms with Crippen LogP contribution in [0.2, 0.25) is 5.02 Å². The van der Waals surface area contributed by atoms with Crippen LogP contribution >= 0.6 is 23.4 Å². The van der Waals surface area contributed by atoms with Crippen LogP contribution in [-0.2, 0) is 0 Å². The fourth-order valence-electron chi connectivity index (χ4n) is 2.77. The molecule has 1 amide bonds. The molecule has 0 aliphatic heterocycles. The Labute approximate surface area is 157 Å². The zero-order valence-corrected chi connectivity index (χ0v) is 15.0. The number of nitrogens with one attached hydrogen (secondary N) is 1. The van der Waals surface area contributed by atoms with Gasteiger partial charge in [-0.25, -0.2) is 13.2 Å². The number of aliphatic hydroxyl groups excluding tert-OH is 1. The molecule has 2 aromatic carbocycles. The fraction of sp³-hybridized carbons (Fsp3) is 0.278. The second-order valence-corrected chi connectivity index (χ2v) is 7.81. The monoisotopic (exact) mass is 401 g/mol. The van der Waals surface area contributed by atoms with E-state index in [0.717, 1.165) is 12.8 Å². The van der Waals surface area contributed by atoms with E-state index in [4.69, 9.17) is 11.6 Å². The largest absolute Gasteiger partial charge is 0.393 e. The van der Waals surface area contributed by atoms with Gasteiger partial charge in [0.15, 0.2) is 17.5 Å². The van der Waals surface area contributed by atoms with Crippen molar-refractivity contribution in [2.45, 2.75) is 35.5 Å². The molecule has 0 spiro atoms. The zero-order valence-electron chi connectivity index (χ0n) is 13.4. The Balaban J connectivity index is 1.76. The number of anilines is 1. The minimum Gasteiger partial charge on any atom is -0.393 e. The van der Waals surface area contributed by atoms with Gasteiger partial charge in [-0.05, 0) is 37.5 Å². The van der Waals surface area contributed by atoms with E-state index in [2.05, 4.69) is 5.32 Å². The molecule has 26 heavy (non-hydrogen) atoms. The Morgan fingerprint density at radius 3 is 2.46 bits per heavy atom. The third kappa shape index (κ3) is 4.34. The average molecular weight is 402 g/mol. The summed E-state index contributed by atoms with van der Waals surface area (Å²) in [7, 11) is 0. The number of amides is 1. The first-order valence-electron chi connectivity index (χ1n) is 7.93. The Morgan fingerprint density at radius 2 is 1.85 bits per heavy atom. The molecule has 8 heteroatoms. The molecule has 0 radical (unpaired) electrons. The maximum Gasteiger partial charge on any atom is 0.255 e. The van der Waals surface area contributed by atoms with Gasteiger partial charge in [0, 0.05) is 33.5 Å². The average Bonchev–Trinajstić information content (AvgIpc) is 2.99. The van der Waals surface area contributed by atoms with Crippen LogP contribution in [0, 0.1) is 17.5 Å². The molecule has 138 valence electrons. The van der Waals surface area contributed by atoms with E-state index in [0.29, 0.717) is 28.5 Å². The first kappa shape index (κ1) is 19.1. The Bertz CT molecular complexity index is 826. The second-order valence-electron chi connectivity index (χ2n) is 6.06. The van der Waals surface area contributed by atoms with E-state index in [9.17, 15) is 23.1 Å². The lowest BCUT2D eigenvalue weighted by molar-refractivity contribution is 0.102. The van der Waals surface area contributed by atoms with Crippen molar-refractivity contribution in [3.8, 4) is 0 Å². The van der Waals surface area contributed by atoms with Gasteiger partial charge in [0.2, 0.25) is 0 Å². The summed E-state index contributed by atoms with van der Waals surface area (Å²) in [6.07, 6.45) is 1.93. The molecule has 1 fully saturated rings. The van der Waals surface area contributed by atoms with E-state index in [1.807, 2.05) is 0 Å². The minimum atomic E-state index is -1.59. The zero-order chi connectivity index (χ0) is 18.8. The molecule has 0 heterocycles. The molecule has 0 bridgehead atoms. The Hall–Kier alpha value is -1.70. The SMILES string of the molecule is O=C(Nc1cc(F)c(F)c(F)c1)c1ccc(Cl)c(SC2CC[C@@H](O)C2)c1. The third-order valence-electron chi connectivity index (χ3n) is 4.09. The van der Waals surface area contributed by atoms with Crippen molar-refractivity contribution in [2.75, 3.05) is 5.32 Å². The van der Waals surface area contributed by atoms with Gasteiger partial charge < -0.3 is 10.4 Å². The maximum atomic E-state index is 13.3. The van der Waals surface area contributed by atoms with E-state index in [1.54, 1.807) is 12.1 Å². The van der Waals surface area contributed by atoms with Gasteiger partial charge in [-0.2, -0.15) is 0 Å². The molecular weight excluding hydrogens is 387 g/mol. The van der Waals surface area contributed by atoms with Crippen molar-refractivity contribution in [1.82, 2.24) is 0 Å². The number of thioether (sulfide) groups is 1. The highest BCUT2D eigenvalue weighted by Crippen LogP contribution is 2.38. The molecule has 0 saturated heterocycles. The highest BCUT2D eigenvalue weighted by atomic mass is 35.5. The van der Waals surface area contributed by atoms with Crippen LogP contribution in [0.3, 0.4) is 0 Å². The molecule has 1 saturated carbocycles. The van der Waals surface area contributed by atoms with E-state index in [1.165, 1.54) is 17.8 Å². The van der Waals surface area contributed by atoms with Crippen LogP contribution in [0.25, 0.3) is 0 Å². The number of carbonyl (C=O) groups excluding carboxylic acids is 1. The predicted molar refractivity (Wildman–Crippen MR) is 95.2 cm³/mol. The number of hydrogen-bond acceptors (Lipinski definition) is 3. The number of halogens is 4. The number of carbonyl (C=O) groups is 1. The normalized spacial score (nSPS) is 19.6. The Morgan fingerprint density at radius 1 is 1.15 bits per heavy atom. The summed E-state index contributed by atoms with van der Waals surface area (Å²) < 4.78 is 39.5. The molecule has 1 aliphatic carbocycles. The number of hydrogen-bond donors (Lipinski definition) is 2. The van der Waals surface area contributed by atoms with Gasteiger partial charge in [-0.15, -0.1) is 11.8 Å². The van der Waals surface area contributed by atoms with Gasteiger partial charge >= 0.3 is 0 Å². The number of aliphatic hydroxyl groups is 1. The van der Waals surface area contributed by atoms with Crippen molar-refractivity contribution in [1.29, 1.82) is 0 Å². The first-order valence-corrected chi connectivity index (χ1v) is 9.19. The minimum absolute atomic E-state index is 0.186. The molecule has 1 aliphatic rings. The Kier molecular flexibility index (Phi) is 5.79. The highest BCUT2D eigenvalue weighted by molar-refractivity contribution is 8.00. The van der Waals surface area contributed by atoms with Gasteiger partial charge in [-0.1, -0.05) is 11.6 Å². The van der Waals surface area contributed by atoms with E-state index in [-0.39, 0.29) is 22.6 Å². The van der Waals surface area contributed by atoms with Crippen LogP contribution in [0.5, 0.6) is 0 Å². The predicted octanol–water partition coefficient (Wildman–Crippen LogP) is 5.02. The summed E-state index contributed by atoms with van der Waals surface area (Å²) in [6.45, 7) is 0. The summed E-state index contributed by atoms with van der Waals surface area (Å²) in [4.78, 5) is 13.0. The lowest BCUT2D eigenvalue weighted by atomic mass is 10.2. The lowest BCUT2D eigenvalue weighted by Crippen LogP contribution is -2.13. The summed E-state index contributed by atoms with van der Waals surface area (Å²) in [6, 6.07) is 6.06. The topological polar surface area (TPSA) is 49.3 Å². The number of benzene rings is 2. The lowest BCUT2D eigenvalue weighted by Gasteiger charge is -2.12. The van der Waals surface area contributed by atoms with Crippen molar-refractivity contribution >= 4 is 35.0 Å². The summed E-state index contributed by atoms with van der Waals surface area (Å²) in [5.74, 6) is -4.95. The highest BCUT2D eigenvalue weighted by Gasteiger charge is 2.24. The maximum absolute atomic E-state index is 13.3. The van der Waals surface area contributed by atoms with E-state index >= 15 is 0 Å². The summed E-state index contributed by atoms with van der Waals surface area (Å²) in [5.41, 5.74) is 0.0649. The summed E-state index contributed by atoms with van der Waals surface area (Å²) >= 11 is 7.66. The quantitative estimate of drug-likeness (QED) is 0.707. The van der Waals surface area contributed by atoms with Crippen molar-refractivity contribution in [3.63, 3.8) is 0 Å². The van der Waals surface area contributed by atoms with Gasteiger partial charge in [0.05, 0.1) is 11.1 Å². The smallest absolute Gasteiger partial charge is 0.255 e. The van der Waals surface area contributed by atoms with Gasteiger partial charge in [-0.3, -0.25) is 4.79 Å².